The lowest BCUT2D eigenvalue weighted by Gasteiger charge is -1.87. The molecule has 60 valence electrons. The van der Waals surface area contributed by atoms with Gasteiger partial charge in [0.2, 0.25) is 0 Å². The van der Waals surface area contributed by atoms with Gasteiger partial charge in [0.1, 0.15) is 0 Å². The fraction of sp³-hybridized carbons (Fsp3) is 0.125. The van der Waals surface area contributed by atoms with Crippen LogP contribution in [0.15, 0.2) is 37.1 Å². The Morgan fingerprint density at radius 2 is 2.27 bits per heavy atom. The van der Waals surface area contributed by atoms with Crippen LogP contribution in [0.1, 0.15) is 0 Å². The van der Waals surface area contributed by atoms with Gasteiger partial charge in [-0.15, -0.1) is 0 Å². The molecule has 0 atom stereocenters. The molecule has 0 aliphatic rings. The summed E-state index contributed by atoms with van der Waals surface area (Å²) in [5.41, 5.74) is 0. The Balaban J connectivity index is 3.52. The van der Waals surface area contributed by atoms with Crippen molar-refractivity contribution in [1.29, 1.82) is 0 Å². The third-order valence-corrected chi connectivity index (χ3v) is 1.14. The molecule has 0 rings (SSSR count). The fourth-order valence-corrected chi connectivity index (χ4v) is 0.546. The van der Waals surface area contributed by atoms with Crippen LogP contribution in [0.5, 0.6) is 0 Å². The topological polar surface area (TPSA) is 26.3 Å². The van der Waals surface area contributed by atoms with E-state index in [0.29, 0.717) is 0 Å². The molecule has 0 aliphatic carbocycles. The molecule has 3 heteroatoms. The summed E-state index contributed by atoms with van der Waals surface area (Å²) in [5, 5.41) is 0.784. The molecule has 0 saturated heterocycles. The van der Waals surface area contributed by atoms with Crippen LogP contribution in [-0.4, -0.2) is 11.3 Å². The summed E-state index contributed by atoms with van der Waals surface area (Å²) < 4.78 is 4.53. The lowest BCUT2D eigenvalue weighted by atomic mass is 10.5. The van der Waals surface area contributed by atoms with E-state index in [1.807, 2.05) is 6.08 Å². The summed E-state index contributed by atoms with van der Waals surface area (Å²) in [5.74, 6) is -0.450. The third-order valence-electron chi connectivity index (χ3n) is 0.766. The maximum Gasteiger partial charge on any atom is 0.334 e. The largest absolute Gasteiger partial charge is 0.431 e. The second-order valence-electron chi connectivity index (χ2n) is 1.55. The van der Waals surface area contributed by atoms with E-state index in [1.165, 1.54) is 6.26 Å². The van der Waals surface area contributed by atoms with Crippen molar-refractivity contribution >= 4 is 21.9 Å². The van der Waals surface area contributed by atoms with E-state index in [4.69, 9.17) is 0 Å². The van der Waals surface area contributed by atoms with E-state index >= 15 is 0 Å². The van der Waals surface area contributed by atoms with Crippen molar-refractivity contribution in [1.82, 2.24) is 0 Å². The Labute approximate surface area is 74.4 Å². The van der Waals surface area contributed by atoms with Gasteiger partial charge in [-0.1, -0.05) is 34.7 Å². The number of esters is 1. The summed E-state index contributed by atoms with van der Waals surface area (Å²) in [6, 6.07) is 0. The molecule has 0 unspecified atom stereocenters. The Hall–Kier alpha value is -0.830. The minimum absolute atomic E-state index is 0.450. The molecular formula is C8H9BrO2. The number of alkyl halides is 1. The van der Waals surface area contributed by atoms with E-state index in [0.717, 1.165) is 11.4 Å². The Bertz CT molecular complexity index is 183. The van der Waals surface area contributed by atoms with Crippen LogP contribution in [0.25, 0.3) is 0 Å². The van der Waals surface area contributed by atoms with Crippen molar-refractivity contribution < 1.29 is 9.53 Å². The standard InChI is InChI=1S/C8H9BrO2/c1-2-8(10)11-7-5-3-4-6-9/h2-5,7H,1,6H2. The van der Waals surface area contributed by atoms with Crippen molar-refractivity contribution in [3.8, 4) is 0 Å². The van der Waals surface area contributed by atoms with E-state index in [1.54, 1.807) is 12.2 Å². The second kappa shape index (κ2) is 7.28. The Morgan fingerprint density at radius 3 is 2.82 bits per heavy atom. The third kappa shape index (κ3) is 7.06. The second-order valence-corrected chi connectivity index (χ2v) is 2.20. The van der Waals surface area contributed by atoms with Crippen molar-refractivity contribution in [3.63, 3.8) is 0 Å². The van der Waals surface area contributed by atoms with Gasteiger partial charge in [-0.2, -0.15) is 0 Å². The molecule has 0 aromatic heterocycles. The molecule has 11 heavy (non-hydrogen) atoms. The number of ether oxygens (including phenoxy) is 1. The predicted molar refractivity (Wildman–Crippen MR) is 48.4 cm³/mol. The van der Waals surface area contributed by atoms with Crippen LogP contribution < -0.4 is 0 Å². The molecule has 0 N–H and O–H groups in total. The molecule has 0 radical (unpaired) electrons. The number of carbonyl (C=O) groups excluding carboxylic acids is 1. The van der Waals surface area contributed by atoms with E-state index in [2.05, 4.69) is 27.2 Å². The molecule has 0 aromatic carbocycles. The lowest BCUT2D eigenvalue weighted by molar-refractivity contribution is -0.132. The zero-order valence-electron chi connectivity index (χ0n) is 6.00. The first-order chi connectivity index (χ1) is 5.31. The zero-order valence-corrected chi connectivity index (χ0v) is 7.58. The van der Waals surface area contributed by atoms with Crippen LogP contribution >= 0.6 is 15.9 Å². The maximum atomic E-state index is 10.4. The van der Waals surface area contributed by atoms with Gasteiger partial charge >= 0.3 is 5.97 Å². The van der Waals surface area contributed by atoms with E-state index < -0.39 is 5.97 Å². The van der Waals surface area contributed by atoms with Crippen molar-refractivity contribution in [2.75, 3.05) is 5.33 Å². The van der Waals surface area contributed by atoms with Crippen molar-refractivity contribution in [2.45, 2.75) is 0 Å². The molecule has 0 amide bonds. The molecule has 2 nitrogen and oxygen atoms in total. The van der Waals surface area contributed by atoms with E-state index in [-0.39, 0.29) is 0 Å². The molecule has 0 fully saturated rings. The van der Waals surface area contributed by atoms with Gasteiger partial charge in [0.15, 0.2) is 0 Å². The van der Waals surface area contributed by atoms with Gasteiger partial charge in [-0.05, 0) is 6.08 Å². The molecule has 0 aliphatic heterocycles. The first kappa shape index (κ1) is 10.2. The number of hydrogen-bond donors (Lipinski definition) is 0. The predicted octanol–water partition coefficient (Wildman–Crippen LogP) is 2.18. The number of allylic oxidation sites excluding steroid dienone is 3. The fourth-order valence-electron chi connectivity index (χ4n) is 0.330. The van der Waals surface area contributed by atoms with Gasteiger partial charge < -0.3 is 4.74 Å². The highest BCUT2D eigenvalue weighted by Gasteiger charge is 1.86. The SMILES string of the molecule is C=CC(=O)OC=CC=CCBr. The van der Waals surface area contributed by atoms with Crippen molar-refractivity contribution in [3.05, 3.63) is 37.1 Å². The molecule has 0 heterocycles. The quantitative estimate of drug-likeness (QED) is 0.237. The number of hydrogen-bond acceptors (Lipinski definition) is 2. The normalized spacial score (nSPS) is 10.6. The molecular weight excluding hydrogens is 208 g/mol. The highest BCUT2D eigenvalue weighted by Crippen LogP contribution is 1.85. The minimum atomic E-state index is -0.450. The highest BCUT2D eigenvalue weighted by molar-refractivity contribution is 9.09. The Morgan fingerprint density at radius 1 is 1.55 bits per heavy atom. The molecule has 0 aromatic rings. The number of rotatable bonds is 4. The monoisotopic (exact) mass is 216 g/mol. The summed E-state index contributed by atoms with van der Waals surface area (Å²) in [6.07, 6.45) is 7.69. The van der Waals surface area contributed by atoms with Gasteiger partial charge in [-0.25, -0.2) is 4.79 Å². The van der Waals surface area contributed by atoms with Gasteiger partial charge in [0.05, 0.1) is 6.26 Å². The molecule has 0 spiro atoms. The van der Waals surface area contributed by atoms with Crippen LogP contribution in [0, 0.1) is 0 Å². The first-order valence-electron chi connectivity index (χ1n) is 3.02. The van der Waals surface area contributed by atoms with Crippen LogP contribution in [-0.2, 0) is 9.53 Å². The van der Waals surface area contributed by atoms with Crippen LogP contribution in [0.3, 0.4) is 0 Å². The average Bonchev–Trinajstić information content (AvgIpc) is 2.04. The minimum Gasteiger partial charge on any atom is -0.431 e. The van der Waals surface area contributed by atoms with Gasteiger partial charge in [-0.3, -0.25) is 0 Å². The van der Waals surface area contributed by atoms with E-state index in [9.17, 15) is 4.79 Å². The lowest BCUT2D eigenvalue weighted by Crippen LogP contribution is -1.91. The van der Waals surface area contributed by atoms with Gasteiger partial charge in [0.25, 0.3) is 0 Å². The van der Waals surface area contributed by atoms with Crippen molar-refractivity contribution in [2.24, 2.45) is 0 Å². The highest BCUT2D eigenvalue weighted by atomic mass is 79.9. The summed E-state index contributed by atoms with van der Waals surface area (Å²) >= 11 is 3.20. The Kier molecular flexibility index (Phi) is 6.73. The zero-order chi connectivity index (χ0) is 8.53. The number of halogens is 1. The van der Waals surface area contributed by atoms with Crippen LogP contribution in [0.2, 0.25) is 0 Å². The van der Waals surface area contributed by atoms with Gasteiger partial charge in [0, 0.05) is 11.4 Å². The summed E-state index contributed by atoms with van der Waals surface area (Å²) in [7, 11) is 0. The summed E-state index contributed by atoms with van der Waals surface area (Å²) in [4.78, 5) is 10.4. The summed E-state index contributed by atoms with van der Waals surface area (Å²) in [6.45, 7) is 3.24. The maximum absolute atomic E-state index is 10.4. The molecule has 0 saturated carbocycles. The first-order valence-corrected chi connectivity index (χ1v) is 4.14. The molecule has 0 bridgehead atoms. The van der Waals surface area contributed by atoms with Crippen LogP contribution in [0.4, 0.5) is 0 Å². The number of carbonyl (C=O) groups is 1. The smallest absolute Gasteiger partial charge is 0.334 e. The average molecular weight is 217 g/mol.